The van der Waals surface area contributed by atoms with Crippen molar-refractivity contribution in [3.8, 4) is 0 Å². The van der Waals surface area contributed by atoms with Gasteiger partial charge in [0.2, 0.25) is 0 Å². The molecule has 3 heteroatoms. The van der Waals surface area contributed by atoms with E-state index in [-0.39, 0.29) is 5.60 Å². The molecule has 1 rings (SSSR count). The highest BCUT2D eigenvalue weighted by Gasteiger charge is 2.34. The fraction of sp³-hybridized carbons (Fsp3) is 1.00. The van der Waals surface area contributed by atoms with Crippen LogP contribution in [0, 0.1) is 5.92 Å². The molecular weight excluding hydrogens is 166 g/mol. The molecule has 0 aromatic carbocycles. The average Bonchev–Trinajstić information content (AvgIpc) is 2.53. The van der Waals surface area contributed by atoms with Gasteiger partial charge >= 0.3 is 0 Å². The summed E-state index contributed by atoms with van der Waals surface area (Å²) in [6.07, 6.45) is 1.01. The van der Waals surface area contributed by atoms with Gasteiger partial charge in [0.25, 0.3) is 0 Å². The van der Waals surface area contributed by atoms with E-state index in [1.165, 1.54) is 0 Å². The molecule has 0 amide bonds. The van der Waals surface area contributed by atoms with Gasteiger partial charge in [-0.1, -0.05) is 13.8 Å². The van der Waals surface area contributed by atoms with Crippen LogP contribution in [0.3, 0.4) is 0 Å². The van der Waals surface area contributed by atoms with Gasteiger partial charge in [0.05, 0.1) is 6.61 Å². The number of rotatable bonds is 5. The fourth-order valence-electron chi connectivity index (χ4n) is 1.55. The Morgan fingerprint density at radius 3 is 2.77 bits per heavy atom. The van der Waals surface area contributed by atoms with Crippen LogP contribution in [0.15, 0.2) is 0 Å². The van der Waals surface area contributed by atoms with Crippen molar-refractivity contribution >= 4 is 0 Å². The predicted molar refractivity (Wildman–Crippen MR) is 52.9 cm³/mol. The Hall–Kier alpha value is -0.120. The third-order valence-electron chi connectivity index (χ3n) is 2.50. The van der Waals surface area contributed by atoms with Crippen molar-refractivity contribution in [3.63, 3.8) is 0 Å². The molecule has 78 valence electrons. The second kappa shape index (κ2) is 4.94. The van der Waals surface area contributed by atoms with Gasteiger partial charge < -0.3 is 14.8 Å². The Kier molecular flexibility index (Phi) is 4.16. The second-order valence-electron chi connectivity index (χ2n) is 4.21. The van der Waals surface area contributed by atoms with E-state index in [9.17, 15) is 0 Å². The van der Waals surface area contributed by atoms with Gasteiger partial charge in [-0.25, -0.2) is 0 Å². The summed E-state index contributed by atoms with van der Waals surface area (Å²) in [7, 11) is 1.77. The first-order valence-corrected chi connectivity index (χ1v) is 5.02. The lowest BCUT2D eigenvalue weighted by Gasteiger charge is -2.26. The van der Waals surface area contributed by atoms with Crippen molar-refractivity contribution in [1.29, 1.82) is 0 Å². The Labute approximate surface area is 80.8 Å². The Balaban J connectivity index is 2.23. The lowest BCUT2D eigenvalue weighted by Crippen LogP contribution is -2.43. The summed E-state index contributed by atoms with van der Waals surface area (Å²) in [5.41, 5.74) is -0.0606. The summed E-state index contributed by atoms with van der Waals surface area (Å²) in [6.45, 7) is 7.92. The van der Waals surface area contributed by atoms with E-state index in [0.717, 1.165) is 32.7 Å². The van der Waals surface area contributed by atoms with Crippen LogP contribution in [0.1, 0.15) is 20.3 Å². The van der Waals surface area contributed by atoms with Gasteiger partial charge in [0, 0.05) is 26.7 Å². The van der Waals surface area contributed by atoms with Crippen LogP contribution in [-0.2, 0) is 9.47 Å². The largest absolute Gasteiger partial charge is 0.378 e. The van der Waals surface area contributed by atoms with Crippen molar-refractivity contribution in [2.24, 2.45) is 5.92 Å². The van der Waals surface area contributed by atoms with Crippen molar-refractivity contribution in [3.05, 3.63) is 0 Å². The van der Waals surface area contributed by atoms with Gasteiger partial charge in [0.15, 0.2) is 0 Å². The SMILES string of the molecule is COC1(CNCC(C)C)CCOC1. The molecule has 0 aliphatic carbocycles. The Bertz CT molecular complexity index is 142. The Morgan fingerprint density at radius 2 is 2.31 bits per heavy atom. The summed E-state index contributed by atoms with van der Waals surface area (Å²) in [5, 5.41) is 3.41. The van der Waals surface area contributed by atoms with Gasteiger partial charge in [-0.05, 0) is 12.5 Å². The smallest absolute Gasteiger partial charge is 0.106 e. The normalized spacial score (nSPS) is 28.6. The van der Waals surface area contributed by atoms with E-state index < -0.39 is 0 Å². The quantitative estimate of drug-likeness (QED) is 0.697. The van der Waals surface area contributed by atoms with Crippen LogP contribution in [0.4, 0.5) is 0 Å². The van der Waals surface area contributed by atoms with Crippen LogP contribution < -0.4 is 5.32 Å². The van der Waals surface area contributed by atoms with Crippen LogP contribution in [0.25, 0.3) is 0 Å². The number of hydrogen-bond donors (Lipinski definition) is 1. The highest BCUT2D eigenvalue weighted by atomic mass is 16.5. The zero-order valence-electron chi connectivity index (χ0n) is 8.93. The maximum atomic E-state index is 5.49. The molecule has 3 nitrogen and oxygen atoms in total. The molecule has 0 bridgehead atoms. The molecule has 0 aromatic rings. The van der Waals surface area contributed by atoms with Crippen LogP contribution in [0.2, 0.25) is 0 Å². The zero-order chi connectivity index (χ0) is 9.73. The standard InChI is InChI=1S/C10H21NO2/c1-9(2)6-11-7-10(12-3)4-5-13-8-10/h9,11H,4-8H2,1-3H3. The monoisotopic (exact) mass is 187 g/mol. The van der Waals surface area contributed by atoms with Gasteiger partial charge in [-0.15, -0.1) is 0 Å². The maximum absolute atomic E-state index is 5.49. The maximum Gasteiger partial charge on any atom is 0.106 e. The lowest BCUT2D eigenvalue weighted by atomic mass is 10.0. The molecule has 0 radical (unpaired) electrons. The fourth-order valence-corrected chi connectivity index (χ4v) is 1.55. The van der Waals surface area contributed by atoms with E-state index in [1.807, 2.05) is 0 Å². The van der Waals surface area contributed by atoms with Crippen molar-refractivity contribution < 1.29 is 9.47 Å². The van der Waals surface area contributed by atoms with Crippen molar-refractivity contribution in [2.45, 2.75) is 25.9 Å². The first-order valence-electron chi connectivity index (χ1n) is 5.02. The number of nitrogens with one attached hydrogen (secondary N) is 1. The number of methoxy groups -OCH3 is 1. The molecule has 1 atom stereocenters. The average molecular weight is 187 g/mol. The number of ether oxygens (including phenoxy) is 2. The van der Waals surface area contributed by atoms with E-state index in [0.29, 0.717) is 5.92 Å². The predicted octanol–water partition coefficient (Wildman–Crippen LogP) is 1.04. The van der Waals surface area contributed by atoms with Gasteiger partial charge in [0.1, 0.15) is 5.60 Å². The molecular formula is C10H21NO2. The summed E-state index contributed by atoms with van der Waals surface area (Å²) in [6, 6.07) is 0. The zero-order valence-corrected chi connectivity index (χ0v) is 8.93. The molecule has 1 aliphatic heterocycles. The second-order valence-corrected chi connectivity index (χ2v) is 4.21. The highest BCUT2D eigenvalue weighted by Crippen LogP contribution is 2.21. The summed E-state index contributed by atoms with van der Waals surface area (Å²) < 4.78 is 10.8. The minimum atomic E-state index is -0.0606. The van der Waals surface area contributed by atoms with E-state index in [1.54, 1.807) is 7.11 Å². The van der Waals surface area contributed by atoms with Crippen molar-refractivity contribution in [1.82, 2.24) is 5.32 Å². The van der Waals surface area contributed by atoms with Gasteiger partial charge in [-0.2, -0.15) is 0 Å². The molecule has 1 unspecified atom stereocenters. The van der Waals surface area contributed by atoms with Crippen LogP contribution in [-0.4, -0.2) is 39.0 Å². The first-order chi connectivity index (χ1) is 6.18. The molecule has 1 aliphatic rings. The molecule has 1 N–H and O–H groups in total. The minimum Gasteiger partial charge on any atom is -0.378 e. The van der Waals surface area contributed by atoms with E-state index in [2.05, 4.69) is 19.2 Å². The molecule has 0 spiro atoms. The molecule has 1 saturated heterocycles. The summed E-state index contributed by atoms with van der Waals surface area (Å²) in [5.74, 6) is 0.691. The van der Waals surface area contributed by atoms with E-state index >= 15 is 0 Å². The Morgan fingerprint density at radius 1 is 1.54 bits per heavy atom. The summed E-state index contributed by atoms with van der Waals surface area (Å²) >= 11 is 0. The third kappa shape index (κ3) is 3.25. The van der Waals surface area contributed by atoms with Crippen LogP contribution >= 0.6 is 0 Å². The molecule has 1 fully saturated rings. The third-order valence-corrected chi connectivity index (χ3v) is 2.50. The summed E-state index contributed by atoms with van der Waals surface area (Å²) in [4.78, 5) is 0. The van der Waals surface area contributed by atoms with Gasteiger partial charge in [-0.3, -0.25) is 0 Å². The first kappa shape index (κ1) is 11.0. The van der Waals surface area contributed by atoms with Crippen molar-refractivity contribution in [2.75, 3.05) is 33.4 Å². The topological polar surface area (TPSA) is 30.5 Å². The molecule has 1 heterocycles. The van der Waals surface area contributed by atoms with E-state index in [4.69, 9.17) is 9.47 Å². The number of hydrogen-bond acceptors (Lipinski definition) is 3. The highest BCUT2D eigenvalue weighted by molar-refractivity contribution is 4.86. The molecule has 0 aromatic heterocycles. The molecule has 0 saturated carbocycles. The molecule has 13 heavy (non-hydrogen) atoms. The lowest BCUT2D eigenvalue weighted by molar-refractivity contribution is -0.0159. The minimum absolute atomic E-state index is 0.0606. The van der Waals surface area contributed by atoms with Crippen LogP contribution in [0.5, 0.6) is 0 Å².